The van der Waals surface area contributed by atoms with Crippen molar-refractivity contribution in [3.05, 3.63) is 50.8 Å². The van der Waals surface area contributed by atoms with Crippen molar-refractivity contribution in [3.8, 4) is 0 Å². The van der Waals surface area contributed by atoms with Crippen molar-refractivity contribution in [1.29, 1.82) is 0 Å². The molecular weight excluding hydrogens is 398 g/mol. The summed E-state index contributed by atoms with van der Waals surface area (Å²) in [4.78, 5) is 22.3. The first-order chi connectivity index (χ1) is 14.4. The van der Waals surface area contributed by atoms with E-state index in [0.29, 0.717) is 25.3 Å². The van der Waals surface area contributed by atoms with Crippen LogP contribution >= 0.6 is 11.3 Å². The molecule has 1 fully saturated rings. The van der Waals surface area contributed by atoms with Crippen LogP contribution < -0.4 is 5.56 Å². The van der Waals surface area contributed by atoms with Crippen LogP contribution in [0.5, 0.6) is 0 Å². The molecule has 1 aliphatic heterocycles. The lowest BCUT2D eigenvalue weighted by Crippen LogP contribution is -2.47. The fraction of sp³-hybridized carbons (Fsp3) is 0.565. The quantitative estimate of drug-likeness (QED) is 0.690. The molecule has 30 heavy (non-hydrogen) atoms. The molecule has 0 amide bonds. The van der Waals surface area contributed by atoms with E-state index in [1.807, 2.05) is 19.1 Å². The molecule has 3 aromatic heterocycles. The predicted octanol–water partition coefficient (Wildman–Crippen LogP) is 3.51. The molecule has 1 atom stereocenters. The van der Waals surface area contributed by atoms with Crippen LogP contribution in [0.1, 0.15) is 48.1 Å². The van der Waals surface area contributed by atoms with E-state index in [9.17, 15) is 9.90 Å². The van der Waals surface area contributed by atoms with Crippen LogP contribution in [-0.2, 0) is 25.9 Å². The summed E-state index contributed by atoms with van der Waals surface area (Å²) in [5.74, 6) is 2.55. The van der Waals surface area contributed by atoms with Crippen LogP contribution in [0.4, 0.5) is 0 Å². The van der Waals surface area contributed by atoms with E-state index in [1.165, 1.54) is 10.4 Å². The molecule has 1 saturated heterocycles. The third-order valence-corrected chi connectivity index (χ3v) is 7.87. The molecule has 0 saturated carbocycles. The van der Waals surface area contributed by atoms with E-state index >= 15 is 0 Å². The van der Waals surface area contributed by atoms with Gasteiger partial charge in [-0.3, -0.25) is 14.3 Å². The van der Waals surface area contributed by atoms with Gasteiger partial charge in [0.15, 0.2) is 0 Å². The van der Waals surface area contributed by atoms with Crippen molar-refractivity contribution in [2.24, 2.45) is 5.92 Å². The van der Waals surface area contributed by atoms with Gasteiger partial charge >= 0.3 is 0 Å². The first kappa shape index (κ1) is 20.0. The number of aromatic nitrogens is 2. The fourth-order valence-electron chi connectivity index (χ4n) is 4.87. The standard InChI is InChI=1S/C23H29N3O3S/c1-15-3-6-18-19(11-15)30-21-20(18)22(27)26(14-24-21)13-23(28)7-9-25(10-8-23)12-17-5-4-16(2)29-17/h4-5,14-15,28H,3,6-13H2,1-2H3/t15-/m1/s1. The van der Waals surface area contributed by atoms with Crippen molar-refractivity contribution < 1.29 is 9.52 Å². The Morgan fingerprint density at radius 2 is 2.13 bits per heavy atom. The Bertz CT molecular complexity index is 1120. The molecule has 4 heterocycles. The molecule has 0 unspecified atom stereocenters. The van der Waals surface area contributed by atoms with Crippen LogP contribution in [0, 0.1) is 12.8 Å². The van der Waals surface area contributed by atoms with Gasteiger partial charge in [0.25, 0.3) is 5.56 Å². The lowest BCUT2D eigenvalue weighted by molar-refractivity contribution is -0.0375. The van der Waals surface area contributed by atoms with E-state index in [1.54, 1.807) is 22.2 Å². The van der Waals surface area contributed by atoms with E-state index in [2.05, 4.69) is 16.8 Å². The van der Waals surface area contributed by atoms with Gasteiger partial charge in [0.2, 0.25) is 0 Å². The molecule has 7 heteroatoms. The van der Waals surface area contributed by atoms with Gasteiger partial charge in [-0.25, -0.2) is 4.98 Å². The number of aryl methyl sites for hydroxylation is 2. The highest BCUT2D eigenvalue weighted by Crippen LogP contribution is 2.35. The SMILES string of the molecule is Cc1ccc(CN2CCC(O)(Cn3cnc4sc5c(c4c3=O)CC[C@@H](C)C5)CC2)o1. The van der Waals surface area contributed by atoms with Gasteiger partial charge in [-0.15, -0.1) is 11.3 Å². The first-order valence-corrected chi connectivity index (χ1v) is 11.7. The van der Waals surface area contributed by atoms with E-state index < -0.39 is 5.60 Å². The van der Waals surface area contributed by atoms with E-state index in [4.69, 9.17) is 4.42 Å². The van der Waals surface area contributed by atoms with Gasteiger partial charge < -0.3 is 9.52 Å². The molecule has 2 aliphatic rings. The predicted molar refractivity (Wildman–Crippen MR) is 118 cm³/mol. The Morgan fingerprint density at radius 1 is 1.33 bits per heavy atom. The normalized spacial score (nSPS) is 21.8. The maximum absolute atomic E-state index is 13.3. The number of fused-ring (bicyclic) bond motifs is 3. The van der Waals surface area contributed by atoms with Gasteiger partial charge in [-0.1, -0.05) is 6.92 Å². The largest absolute Gasteiger partial charge is 0.465 e. The molecule has 5 rings (SSSR count). The van der Waals surface area contributed by atoms with Gasteiger partial charge in [-0.05, 0) is 62.6 Å². The summed E-state index contributed by atoms with van der Waals surface area (Å²) in [5, 5.41) is 12.0. The minimum absolute atomic E-state index is 0.00830. The first-order valence-electron chi connectivity index (χ1n) is 10.9. The maximum Gasteiger partial charge on any atom is 0.262 e. The number of thiophene rings is 1. The molecule has 0 radical (unpaired) electrons. The number of rotatable bonds is 4. The van der Waals surface area contributed by atoms with Crippen molar-refractivity contribution >= 4 is 21.6 Å². The van der Waals surface area contributed by atoms with Crippen LogP contribution in [0.2, 0.25) is 0 Å². The molecular formula is C23H29N3O3S. The van der Waals surface area contributed by atoms with E-state index in [-0.39, 0.29) is 5.56 Å². The summed E-state index contributed by atoms with van der Waals surface area (Å²) in [7, 11) is 0. The third-order valence-electron chi connectivity index (χ3n) is 6.71. The van der Waals surface area contributed by atoms with Crippen LogP contribution in [0.3, 0.4) is 0 Å². The molecule has 0 spiro atoms. The summed E-state index contributed by atoms with van der Waals surface area (Å²) >= 11 is 1.67. The van der Waals surface area contributed by atoms with Crippen LogP contribution in [0.15, 0.2) is 27.7 Å². The molecule has 0 aromatic carbocycles. The highest BCUT2D eigenvalue weighted by atomic mass is 32.1. The van der Waals surface area contributed by atoms with Gasteiger partial charge in [0, 0.05) is 18.0 Å². The summed E-state index contributed by atoms with van der Waals surface area (Å²) in [6.07, 6.45) is 6.04. The van der Waals surface area contributed by atoms with Gasteiger partial charge in [-0.2, -0.15) is 0 Å². The average molecular weight is 428 g/mol. The molecule has 160 valence electrons. The maximum atomic E-state index is 13.3. The molecule has 1 N–H and O–H groups in total. The second-order valence-electron chi connectivity index (χ2n) is 9.22. The van der Waals surface area contributed by atoms with Gasteiger partial charge in [0.1, 0.15) is 16.4 Å². The Balaban J connectivity index is 1.32. The van der Waals surface area contributed by atoms with Gasteiger partial charge in [0.05, 0.1) is 30.4 Å². The van der Waals surface area contributed by atoms with E-state index in [0.717, 1.165) is 60.6 Å². The minimum Gasteiger partial charge on any atom is -0.465 e. The number of nitrogens with zero attached hydrogens (tertiary/aromatic N) is 3. The Hall–Kier alpha value is -1.96. The van der Waals surface area contributed by atoms with Crippen molar-refractivity contribution in [2.75, 3.05) is 13.1 Å². The summed E-state index contributed by atoms with van der Waals surface area (Å²) in [6, 6.07) is 3.99. The second kappa shape index (κ2) is 7.62. The zero-order chi connectivity index (χ0) is 20.9. The highest BCUT2D eigenvalue weighted by Gasteiger charge is 2.34. The van der Waals surface area contributed by atoms with Crippen LogP contribution in [0.25, 0.3) is 10.2 Å². The van der Waals surface area contributed by atoms with Crippen molar-refractivity contribution in [3.63, 3.8) is 0 Å². The number of hydrogen-bond donors (Lipinski definition) is 1. The molecule has 1 aliphatic carbocycles. The number of likely N-dealkylation sites (tertiary alicyclic amines) is 1. The topological polar surface area (TPSA) is 71.5 Å². The monoisotopic (exact) mass is 427 g/mol. The van der Waals surface area contributed by atoms with Crippen LogP contribution in [-0.4, -0.2) is 38.2 Å². The number of furan rings is 1. The fourth-order valence-corrected chi connectivity index (χ4v) is 6.21. The molecule has 6 nitrogen and oxygen atoms in total. The Labute approximate surface area is 180 Å². The lowest BCUT2D eigenvalue weighted by atomic mass is 9.89. The smallest absolute Gasteiger partial charge is 0.262 e. The Kier molecular flexibility index (Phi) is 5.08. The Morgan fingerprint density at radius 3 is 2.87 bits per heavy atom. The summed E-state index contributed by atoms with van der Waals surface area (Å²) in [6.45, 7) is 6.86. The number of aliphatic hydroxyl groups is 1. The summed E-state index contributed by atoms with van der Waals surface area (Å²) < 4.78 is 7.32. The lowest BCUT2D eigenvalue weighted by Gasteiger charge is -2.38. The van der Waals surface area contributed by atoms with Crippen molar-refractivity contribution in [1.82, 2.24) is 14.5 Å². The minimum atomic E-state index is -0.876. The summed E-state index contributed by atoms with van der Waals surface area (Å²) in [5.41, 5.74) is 0.337. The van der Waals surface area contributed by atoms with Crippen molar-refractivity contribution in [2.45, 2.75) is 64.6 Å². The average Bonchev–Trinajstić information content (AvgIpc) is 3.29. The zero-order valence-electron chi connectivity index (χ0n) is 17.7. The molecule has 3 aromatic rings. The highest BCUT2D eigenvalue weighted by molar-refractivity contribution is 7.18. The third kappa shape index (κ3) is 3.74. The molecule has 0 bridgehead atoms. The number of piperidine rings is 1. The second-order valence-corrected chi connectivity index (χ2v) is 10.3. The zero-order valence-corrected chi connectivity index (χ0v) is 18.5. The number of hydrogen-bond acceptors (Lipinski definition) is 6.